The number of nitrogens with one attached hydrogen (secondary N) is 1. The van der Waals surface area contributed by atoms with E-state index in [1.807, 2.05) is 0 Å². The van der Waals surface area contributed by atoms with Crippen LogP contribution in [-0.4, -0.2) is 18.5 Å². The third kappa shape index (κ3) is 0.674. The highest BCUT2D eigenvalue weighted by Crippen LogP contribution is 2.42. The third-order valence-corrected chi connectivity index (χ3v) is 2.29. The molecule has 3 heteroatoms. The first-order valence-corrected chi connectivity index (χ1v) is 3.30. The van der Waals surface area contributed by atoms with Gasteiger partial charge in [-0.25, -0.2) is 8.78 Å². The van der Waals surface area contributed by atoms with E-state index in [0.29, 0.717) is 6.42 Å². The molecule has 1 aliphatic heterocycles. The van der Waals surface area contributed by atoms with Crippen LogP contribution in [0, 0.1) is 5.92 Å². The molecular formula is C6H9F2N. The van der Waals surface area contributed by atoms with Gasteiger partial charge in [-0.05, 0) is 18.9 Å². The van der Waals surface area contributed by atoms with E-state index in [9.17, 15) is 8.78 Å². The quantitative estimate of drug-likeness (QED) is 0.520. The van der Waals surface area contributed by atoms with E-state index < -0.39 is 12.0 Å². The van der Waals surface area contributed by atoms with E-state index in [-0.39, 0.29) is 12.3 Å². The molecule has 52 valence electrons. The van der Waals surface area contributed by atoms with Crippen LogP contribution in [0.1, 0.15) is 12.8 Å². The predicted molar refractivity (Wildman–Crippen MR) is 29.5 cm³/mol. The second-order valence-corrected chi connectivity index (χ2v) is 3.03. The molecule has 9 heavy (non-hydrogen) atoms. The van der Waals surface area contributed by atoms with Crippen LogP contribution in [0.15, 0.2) is 0 Å². The number of hydrogen-bond acceptors (Lipinski definition) is 1. The summed E-state index contributed by atoms with van der Waals surface area (Å²) in [6, 6.07) is -0.498. The fourth-order valence-electron chi connectivity index (χ4n) is 1.81. The highest BCUT2D eigenvalue weighted by Gasteiger charge is 2.52. The Labute approximate surface area is 52.4 Å². The third-order valence-electron chi connectivity index (χ3n) is 2.29. The Bertz CT molecular complexity index is 135. The molecular weight excluding hydrogens is 124 g/mol. The fourth-order valence-corrected chi connectivity index (χ4v) is 1.81. The molecule has 0 aromatic heterocycles. The summed E-state index contributed by atoms with van der Waals surface area (Å²) < 4.78 is 25.2. The molecule has 1 N–H and O–H groups in total. The molecule has 2 rings (SSSR count). The molecule has 1 aliphatic carbocycles. The fraction of sp³-hybridized carbons (Fsp3) is 1.00. The van der Waals surface area contributed by atoms with Crippen LogP contribution in [0.5, 0.6) is 0 Å². The second-order valence-electron chi connectivity index (χ2n) is 3.03. The Balaban J connectivity index is 2.18. The monoisotopic (exact) mass is 133 g/mol. The molecule has 1 saturated heterocycles. The summed E-state index contributed by atoms with van der Waals surface area (Å²) >= 11 is 0. The Morgan fingerprint density at radius 1 is 1.44 bits per heavy atom. The number of hydrogen-bond donors (Lipinski definition) is 1. The zero-order valence-corrected chi connectivity index (χ0v) is 5.03. The van der Waals surface area contributed by atoms with Gasteiger partial charge in [-0.3, -0.25) is 0 Å². The molecule has 0 aromatic carbocycles. The zero-order valence-electron chi connectivity index (χ0n) is 5.03. The average molecular weight is 133 g/mol. The number of piperidine rings is 1. The van der Waals surface area contributed by atoms with Gasteiger partial charge in [-0.1, -0.05) is 0 Å². The van der Waals surface area contributed by atoms with Gasteiger partial charge in [0, 0.05) is 6.42 Å². The van der Waals surface area contributed by atoms with Crippen molar-refractivity contribution in [3.05, 3.63) is 0 Å². The highest BCUT2D eigenvalue weighted by atomic mass is 19.3. The first kappa shape index (κ1) is 5.59. The van der Waals surface area contributed by atoms with Crippen LogP contribution in [0.2, 0.25) is 0 Å². The van der Waals surface area contributed by atoms with E-state index in [1.165, 1.54) is 0 Å². The van der Waals surface area contributed by atoms with Crippen LogP contribution in [0.4, 0.5) is 8.78 Å². The normalized spacial score (nSPS) is 46.0. The molecule has 0 amide bonds. The van der Waals surface area contributed by atoms with Crippen molar-refractivity contribution in [1.82, 2.24) is 5.32 Å². The number of rotatable bonds is 0. The van der Waals surface area contributed by atoms with Gasteiger partial charge in [0.15, 0.2) is 0 Å². The van der Waals surface area contributed by atoms with Gasteiger partial charge < -0.3 is 5.32 Å². The van der Waals surface area contributed by atoms with Crippen molar-refractivity contribution in [2.75, 3.05) is 6.54 Å². The van der Waals surface area contributed by atoms with Gasteiger partial charge in [0.2, 0.25) is 0 Å². The Morgan fingerprint density at radius 3 is 2.44 bits per heavy atom. The van der Waals surface area contributed by atoms with Crippen molar-refractivity contribution in [2.45, 2.75) is 24.8 Å². The summed E-state index contributed by atoms with van der Waals surface area (Å²) in [5.74, 6) is -2.15. The van der Waals surface area contributed by atoms with E-state index in [2.05, 4.69) is 5.32 Å². The summed E-state index contributed by atoms with van der Waals surface area (Å²) in [6.07, 6.45) is 0.803. The molecule has 0 aromatic rings. The molecule has 2 unspecified atom stereocenters. The lowest BCUT2D eigenvalue weighted by molar-refractivity contribution is -0.0304. The van der Waals surface area contributed by atoms with Crippen molar-refractivity contribution in [1.29, 1.82) is 0 Å². The minimum absolute atomic E-state index is 0.116. The van der Waals surface area contributed by atoms with Gasteiger partial charge in [-0.2, -0.15) is 0 Å². The Hall–Kier alpha value is -0.180. The van der Waals surface area contributed by atoms with E-state index in [1.54, 1.807) is 0 Å². The lowest BCUT2D eigenvalue weighted by Crippen LogP contribution is -2.41. The summed E-state index contributed by atoms with van der Waals surface area (Å²) in [5, 5.41) is 2.80. The molecule has 2 bridgehead atoms. The average Bonchev–Trinajstić information content (AvgIpc) is 2.19. The van der Waals surface area contributed by atoms with Gasteiger partial charge in [0.25, 0.3) is 5.92 Å². The molecule has 0 spiro atoms. The molecule has 0 radical (unpaired) electrons. The molecule has 1 saturated carbocycles. The van der Waals surface area contributed by atoms with Crippen LogP contribution in [-0.2, 0) is 0 Å². The minimum Gasteiger partial charge on any atom is -0.308 e. The predicted octanol–water partition coefficient (Wildman–Crippen LogP) is 1.00. The maximum Gasteiger partial charge on any atom is 0.263 e. The zero-order chi connectivity index (χ0) is 6.48. The molecule has 1 heterocycles. The summed E-state index contributed by atoms with van der Waals surface area (Å²) in [4.78, 5) is 0. The number of halogens is 2. The van der Waals surface area contributed by atoms with Gasteiger partial charge in [-0.15, -0.1) is 0 Å². The maximum atomic E-state index is 12.6. The highest BCUT2D eigenvalue weighted by molar-refractivity contribution is 5.00. The standard InChI is InChI=1S/C6H9F2N/c7-6(8)2-4-1-5(6)9-3-4/h4-5,9H,1-3H2. The van der Waals surface area contributed by atoms with Crippen molar-refractivity contribution >= 4 is 0 Å². The molecule has 2 aliphatic rings. The molecule has 2 atom stereocenters. The number of alkyl halides is 2. The van der Waals surface area contributed by atoms with E-state index in [4.69, 9.17) is 0 Å². The molecule has 1 nitrogen and oxygen atoms in total. The van der Waals surface area contributed by atoms with E-state index in [0.717, 1.165) is 6.54 Å². The van der Waals surface area contributed by atoms with Crippen molar-refractivity contribution < 1.29 is 8.78 Å². The summed E-state index contributed by atoms with van der Waals surface area (Å²) in [6.45, 7) is 0.806. The van der Waals surface area contributed by atoms with Crippen LogP contribution >= 0.6 is 0 Å². The van der Waals surface area contributed by atoms with Gasteiger partial charge in [0.05, 0.1) is 6.04 Å². The smallest absolute Gasteiger partial charge is 0.263 e. The Morgan fingerprint density at radius 2 is 2.22 bits per heavy atom. The van der Waals surface area contributed by atoms with Gasteiger partial charge in [0.1, 0.15) is 0 Å². The largest absolute Gasteiger partial charge is 0.308 e. The van der Waals surface area contributed by atoms with E-state index >= 15 is 0 Å². The SMILES string of the molecule is FC1(F)CC2CNC1C2. The maximum absolute atomic E-state index is 12.6. The minimum atomic E-state index is -2.40. The summed E-state index contributed by atoms with van der Waals surface area (Å²) in [5.41, 5.74) is 0. The lowest BCUT2D eigenvalue weighted by atomic mass is 10.1. The van der Waals surface area contributed by atoms with Crippen LogP contribution in [0.3, 0.4) is 0 Å². The first-order valence-electron chi connectivity index (χ1n) is 3.30. The molecule has 2 fully saturated rings. The second kappa shape index (κ2) is 1.45. The van der Waals surface area contributed by atoms with Crippen molar-refractivity contribution in [3.63, 3.8) is 0 Å². The van der Waals surface area contributed by atoms with Crippen molar-refractivity contribution in [2.24, 2.45) is 5.92 Å². The number of fused-ring (bicyclic) bond motifs is 2. The van der Waals surface area contributed by atoms with Gasteiger partial charge >= 0.3 is 0 Å². The Kier molecular flexibility index (Phi) is 0.903. The topological polar surface area (TPSA) is 12.0 Å². The van der Waals surface area contributed by atoms with Crippen LogP contribution in [0.25, 0.3) is 0 Å². The first-order chi connectivity index (χ1) is 4.18. The summed E-state index contributed by atoms with van der Waals surface area (Å²) in [7, 11) is 0. The lowest BCUT2D eigenvalue weighted by Gasteiger charge is -2.21. The van der Waals surface area contributed by atoms with Crippen molar-refractivity contribution in [3.8, 4) is 0 Å². The van der Waals surface area contributed by atoms with Crippen LogP contribution < -0.4 is 5.32 Å².